The van der Waals surface area contributed by atoms with Crippen molar-refractivity contribution in [3.05, 3.63) is 54.1 Å². The summed E-state index contributed by atoms with van der Waals surface area (Å²) < 4.78 is 56.7. The van der Waals surface area contributed by atoms with Gasteiger partial charge < -0.3 is 39.2 Å². The second-order valence-electron chi connectivity index (χ2n) is 11.9. The maximum Gasteiger partial charge on any atom is 0.407 e. The minimum atomic E-state index is -4.15. The van der Waals surface area contributed by atoms with Crippen LogP contribution < -0.4 is 14.8 Å². The number of benzene rings is 2. The van der Waals surface area contributed by atoms with Gasteiger partial charge >= 0.3 is 6.09 Å². The molecule has 3 aliphatic rings. The van der Waals surface area contributed by atoms with E-state index in [2.05, 4.69) is 5.32 Å². The van der Waals surface area contributed by atoms with Gasteiger partial charge in [-0.25, -0.2) is 13.2 Å². The molecule has 0 saturated carbocycles. The van der Waals surface area contributed by atoms with E-state index in [1.54, 1.807) is 0 Å². The molecule has 2 aromatic rings. The third kappa shape index (κ3) is 7.59. The normalized spacial score (nSPS) is 22.8. The highest BCUT2D eigenvalue weighted by Crippen LogP contribution is 2.36. The van der Waals surface area contributed by atoms with Crippen molar-refractivity contribution in [2.45, 2.75) is 62.5 Å². The van der Waals surface area contributed by atoms with Gasteiger partial charge in [0.15, 0.2) is 17.8 Å². The molecular weight excluding hydrogens is 580 g/mol. The molecule has 0 aromatic heterocycles. The van der Waals surface area contributed by atoms with E-state index in [-0.39, 0.29) is 56.6 Å². The number of sulfonamides is 1. The lowest BCUT2D eigenvalue weighted by Gasteiger charge is -2.35. The topological polar surface area (TPSA) is 153 Å². The van der Waals surface area contributed by atoms with Gasteiger partial charge in [-0.1, -0.05) is 44.2 Å². The summed E-state index contributed by atoms with van der Waals surface area (Å²) in [5, 5.41) is 24.0. The molecule has 3 heterocycles. The number of alkyl carbamates (subject to hydrolysis) is 1. The fourth-order valence-corrected chi connectivity index (χ4v) is 7.31. The second-order valence-corrected chi connectivity index (χ2v) is 13.9. The summed E-state index contributed by atoms with van der Waals surface area (Å²) in [6.45, 7) is 3.99. The number of fused-ring (bicyclic) bond motifs is 2. The highest BCUT2D eigenvalue weighted by Gasteiger charge is 2.44. The monoisotopic (exact) mass is 620 g/mol. The van der Waals surface area contributed by atoms with Gasteiger partial charge in [-0.2, -0.15) is 4.31 Å². The molecule has 0 bridgehead atoms. The summed E-state index contributed by atoms with van der Waals surface area (Å²) in [5.74, 6) is 0.702. The number of carbonyl (C=O) groups excluding carboxylic acids is 1. The van der Waals surface area contributed by atoms with Gasteiger partial charge in [0.05, 0.1) is 36.2 Å². The number of nitrogens with one attached hydrogen (secondary N) is 1. The maximum atomic E-state index is 14.0. The zero-order chi connectivity index (χ0) is 30.6. The Labute approximate surface area is 251 Å². The van der Waals surface area contributed by atoms with Gasteiger partial charge in [0.1, 0.15) is 6.10 Å². The Balaban J connectivity index is 1.37. The molecule has 43 heavy (non-hydrogen) atoms. The molecule has 5 rings (SSSR count). The first-order valence-electron chi connectivity index (χ1n) is 14.5. The van der Waals surface area contributed by atoms with Gasteiger partial charge in [0.25, 0.3) is 0 Å². The first-order chi connectivity index (χ1) is 20.6. The molecular formula is C30H40N2O10S. The zero-order valence-electron chi connectivity index (χ0n) is 24.4. The number of aliphatic hydroxyl groups excluding tert-OH is 2. The lowest BCUT2D eigenvalue weighted by molar-refractivity contribution is -0.0907. The van der Waals surface area contributed by atoms with E-state index in [9.17, 15) is 23.4 Å². The van der Waals surface area contributed by atoms with Crippen molar-refractivity contribution in [2.24, 2.45) is 11.3 Å². The van der Waals surface area contributed by atoms with E-state index < -0.39 is 39.8 Å². The van der Waals surface area contributed by atoms with Crippen LogP contribution in [0.15, 0.2) is 53.4 Å². The van der Waals surface area contributed by atoms with E-state index in [4.69, 9.17) is 23.7 Å². The number of amides is 1. The van der Waals surface area contributed by atoms with E-state index in [1.165, 1.54) is 22.5 Å². The predicted octanol–water partition coefficient (Wildman–Crippen LogP) is 2.27. The second kappa shape index (κ2) is 13.4. The molecule has 12 nitrogen and oxygen atoms in total. The Morgan fingerprint density at radius 3 is 2.67 bits per heavy atom. The number of rotatable bonds is 13. The average Bonchev–Trinajstić information content (AvgIpc) is 3.71. The molecule has 3 N–H and O–H groups in total. The van der Waals surface area contributed by atoms with Gasteiger partial charge in [0, 0.05) is 25.8 Å². The van der Waals surface area contributed by atoms with Crippen molar-refractivity contribution < 1.29 is 47.1 Å². The smallest absolute Gasteiger partial charge is 0.407 e. The third-order valence-electron chi connectivity index (χ3n) is 8.08. The first kappa shape index (κ1) is 31.5. The van der Waals surface area contributed by atoms with Crippen LogP contribution in [0.5, 0.6) is 11.5 Å². The molecule has 0 radical (unpaired) electrons. The molecule has 0 spiro atoms. The minimum Gasteiger partial charge on any atom is -0.454 e. The van der Waals surface area contributed by atoms with E-state index in [1.807, 2.05) is 44.2 Å². The fraction of sp³-hybridized carbons (Fsp3) is 0.567. The van der Waals surface area contributed by atoms with Crippen LogP contribution in [0.4, 0.5) is 4.79 Å². The molecule has 236 valence electrons. The predicted molar refractivity (Wildman–Crippen MR) is 154 cm³/mol. The Hall–Kier alpha value is -2.94. The molecule has 4 unspecified atom stereocenters. The van der Waals surface area contributed by atoms with E-state index >= 15 is 0 Å². The Bertz CT molecular complexity index is 1360. The van der Waals surface area contributed by atoms with Gasteiger partial charge in [-0.3, -0.25) is 0 Å². The van der Waals surface area contributed by atoms with Crippen molar-refractivity contribution in [2.75, 3.05) is 39.7 Å². The number of hydrogen-bond donors (Lipinski definition) is 3. The number of hydrogen-bond acceptors (Lipinski definition) is 10. The SMILES string of the molecule is CC(C)(CCO)CN(CC(O)[C@H](Cc1ccccc1)NC(=O)OC1COC2OCCC12)S(=O)(=O)c1ccc2c(c1)OCO2. The molecule has 2 aromatic carbocycles. The summed E-state index contributed by atoms with van der Waals surface area (Å²) in [4.78, 5) is 13.1. The fourth-order valence-electron chi connectivity index (χ4n) is 5.65. The van der Waals surface area contributed by atoms with Crippen molar-refractivity contribution >= 4 is 16.1 Å². The molecule has 13 heteroatoms. The summed E-state index contributed by atoms with van der Waals surface area (Å²) in [7, 11) is -4.15. The van der Waals surface area contributed by atoms with Crippen LogP contribution in [0.3, 0.4) is 0 Å². The Morgan fingerprint density at radius 2 is 1.91 bits per heavy atom. The van der Waals surface area contributed by atoms with Gasteiger partial charge in [-0.15, -0.1) is 0 Å². The highest BCUT2D eigenvalue weighted by molar-refractivity contribution is 7.89. The number of nitrogens with zero attached hydrogens (tertiary/aromatic N) is 1. The number of aliphatic hydroxyl groups is 2. The standard InChI is InChI=1S/C30H40N2O10S/c1-30(2,11-12-33)18-32(43(36,37)21-8-9-25-26(15-21)41-19-40-25)16-24(34)23(14-20-6-4-3-5-7-20)31-29(35)42-27-17-39-28-22(27)10-13-38-28/h3-9,15,22-24,27-28,33-34H,10-14,16-19H2,1-2H3,(H,31,35)/t22?,23-,24?,27?,28?/m0/s1. The van der Waals surface area contributed by atoms with E-state index in [0.717, 1.165) is 12.0 Å². The minimum absolute atomic E-state index is 0.00482. The van der Waals surface area contributed by atoms with Crippen LogP contribution in [-0.2, 0) is 30.7 Å². The Kier molecular flexibility index (Phi) is 9.79. The van der Waals surface area contributed by atoms with Crippen molar-refractivity contribution in [3.8, 4) is 11.5 Å². The largest absolute Gasteiger partial charge is 0.454 e. The van der Waals surface area contributed by atoms with Crippen molar-refractivity contribution in [3.63, 3.8) is 0 Å². The molecule has 2 saturated heterocycles. The molecule has 2 fully saturated rings. The third-order valence-corrected chi connectivity index (χ3v) is 9.88. The number of ether oxygens (including phenoxy) is 5. The van der Waals surface area contributed by atoms with Crippen molar-refractivity contribution in [1.29, 1.82) is 0 Å². The lowest BCUT2D eigenvalue weighted by atomic mass is 9.89. The van der Waals surface area contributed by atoms with Crippen LogP contribution in [0.2, 0.25) is 0 Å². The average molecular weight is 621 g/mol. The Morgan fingerprint density at radius 1 is 1.14 bits per heavy atom. The molecule has 0 aliphatic carbocycles. The van der Waals surface area contributed by atoms with Gasteiger partial charge in [0.2, 0.25) is 16.8 Å². The summed E-state index contributed by atoms with van der Waals surface area (Å²) in [6.07, 6.45) is -1.63. The zero-order valence-corrected chi connectivity index (χ0v) is 25.2. The highest BCUT2D eigenvalue weighted by atomic mass is 32.2. The van der Waals surface area contributed by atoms with Gasteiger partial charge in [-0.05, 0) is 42.4 Å². The summed E-state index contributed by atoms with van der Waals surface area (Å²) in [6, 6.07) is 12.8. The van der Waals surface area contributed by atoms with E-state index in [0.29, 0.717) is 24.5 Å². The van der Waals surface area contributed by atoms with Crippen LogP contribution >= 0.6 is 0 Å². The van der Waals surface area contributed by atoms with Crippen molar-refractivity contribution in [1.82, 2.24) is 9.62 Å². The molecule has 1 amide bonds. The van der Waals surface area contributed by atoms with Crippen LogP contribution in [-0.4, -0.2) is 93.3 Å². The lowest BCUT2D eigenvalue weighted by Crippen LogP contribution is -2.52. The number of carbonyl (C=O) groups is 1. The molecule has 3 aliphatic heterocycles. The summed E-state index contributed by atoms with van der Waals surface area (Å²) >= 11 is 0. The van der Waals surface area contributed by atoms with Crippen LogP contribution in [0.25, 0.3) is 0 Å². The van der Waals surface area contributed by atoms with Crippen LogP contribution in [0.1, 0.15) is 32.3 Å². The molecule has 5 atom stereocenters. The quantitative estimate of drug-likeness (QED) is 0.304. The maximum absolute atomic E-state index is 14.0. The van der Waals surface area contributed by atoms with Crippen LogP contribution in [0, 0.1) is 11.3 Å². The first-order valence-corrected chi connectivity index (χ1v) is 15.9. The summed E-state index contributed by atoms with van der Waals surface area (Å²) in [5.41, 5.74) is 0.215.